The highest BCUT2D eigenvalue weighted by atomic mass is 32.1. The second kappa shape index (κ2) is 3.93. The minimum Gasteiger partial charge on any atom is -0.397 e. The zero-order valence-electron chi connectivity index (χ0n) is 11.3. The molecule has 0 aliphatic heterocycles. The first-order valence-electron chi connectivity index (χ1n) is 6.38. The highest BCUT2D eigenvalue weighted by Gasteiger charge is 2.39. The van der Waals surface area contributed by atoms with Crippen LogP contribution in [0, 0.1) is 13.8 Å². The number of pyridine rings is 1. The number of amides is 1. The molecule has 2 aromatic rings. The van der Waals surface area contributed by atoms with Crippen molar-refractivity contribution in [3.8, 4) is 0 Å². The molecule has 1 saturated carbocycles. The molecule has 3 rings (SSSR count). The van der Waals surface area contributed by atoms with Gasteiger partial charge in [-0.2, -0.15) is 0 Å². The van der Waals surface area contributed by atoms with Gasteiger partial charge in [0, 0.05) is 16.6 Å². The lowest BCUT2D eigenvalue weighted by Gasteiger charge is -2.10. The Balaban J connectivity index is 2.07. The molecule has 0 atom stereocenters. The third-order valence-electron chi connectivity index (χ3n) is 3.65. The van der Waals surface area contributed by atoms with E-state index in [-0.39, 0.29) is 11.4 Å². The maximum absolute atomic E-state index is 12.3. The number of aryl methyl sites for hydroxylation is 2. The van der Waals surface area contributed by atoms with Gasteiger partial charge in [0.2, 0.25) is 0 Å². The zero-order chi connectivity index (χ0) is 13.8. The van der Waals surface area contributed by atoms with E-state index in [1.165, 1.54) is 11.3 Å². The number of hydrogen-bond donors (Lipinski definition) is 2. The van der Waals surface area contributed by atoms with E-state index < -0.39 is 0 Å². The predicted octanol–water partition coefficient (Wildman–Crippen LogP) is 2.78. The Bertz CT molecular complexity index is 686. The molecule has 0 spiro atoms. The van der Waals surface area contributed by atoms with E-state index in [9.17, 15) is 4.79 Å². The van der Waals surface area contributed by atoms with Crippen LogP contribution >= 0.6 is 11.3 Å². The Hall–Kier alpha value is -1.62. The van der Waals surface area contributed by atoms with Crippen molar-refractivity contribution in [1.82, 2.24) is 10.3 Å². The predicted molar refractivity (Wildman–Crippen MR) is 78.6 cm³/mol. The lowest BCUT2D eigenvalue weighted by Crippen LogP contribution is -2.34. The van der Waals surface area contributed by atoms with Crippen LogP contribution in [0.25, 0.3) is 10.2 Å². The van der Waals surface area contributed by atoms with Crippen molar-refractivity contribution < 1.29 is 4.79 Å². The minimum atomic E-state index is -0.0717. The van der Waals surface area contributed by atoms with E-state index in [1.807, 2.05) is 19.9 Å². The van der Waals surface area contributed by atoms with Gasteiger partial charge in [0.15, 0.2) is 0 Å². The van der Waals surface area contributed by atoms with Gasteiger partial charge in [-0.25, -0.2) is 4.98 Å². The van der Waals surface area contributed by atoms with Gasteiger partial charge in [0.25, 0.3) is 5.91 Å². The van der Waals surface area contributed by atoms with Crippen LogP contribution in [0.4, 0.5) is 5.69 Å². The molecule has 0 saturated heterocycles. The van der Waals surface area contributed by atoms with Gasteiger partial charge in [-0.1, -0.05) is 0 Å². The van der Waals surface area contributed by atoms with Crippen LogP contribution in [0.15, 0.2) is 6.07 Å². The van der Waals surface area contributed by atoms with Crippen LogP contribution < -0.4 is 11.1 Å². The normalized spacial score (nSPS) is 16.6. The van der Waals surface area contributed by atoms with Crippen LogP contribution in [0.1, 0.15) is 40.7 Å². The third kappa shape index (κ3) is 2.08. The number of carbonyl (C=O) groups excluding carboxylic acids is 1. The first-order valence-corrected chi connectivity index (χ1v) is 7.20. The van der Waals surface area contributed by atoms with Gasteiger partial charge in [-0.15, -0.1) is 11.3 Å². The fourth-order valence-electron chi connectivity index (χ4n) is 2.28. The molecule has 0 unspecified atom stereocenters. The molecule has 0 aromatic carbocycles. The minimum absolute atomic E-state index is 0.0297. The summed E-state index contributed by atoms with van der Waals surface area (Å²) in [5.41, 5.74) is 8.70. The van der Waals surface area contributed by atoms with Gasteiger partial charge in [0.1, 0.15) is 9.71 Å². The average Bonchev–Trinajstić information content (AvgIpc) is 2.91. The molecule has 0 bridgehead atoms. The lowest BCUT2D eigenvalue weighted by atomic mass is 10.1. The van der Waals surface area contributed by atoms with Gasteiger partial charge in [0.05, 0.1) is 5.69 Å². The summed E-state index contributed by atoms with van der Waals surface area (Å²) in [5, 5.41) is 3.96. The summed E-state index contributed by atoms with van der Waals surface area (Å²) < 4.78 is 0. The maximum Gasteiger partial charge on any atom is 0.263 e. The van der Waals surface area contributed by atoms with Crippen molar-refractivity contribution in [2.75, 3.05) is 5.73 Å². The molecule has 19 heavy (non-hydrogen) atoms. The van der Waals surface area contributed by atoms with E-state index in [4.69, 9.17) is 5.73 Å². The van der Waals surface area contributed by atoms with Crippen LogP contribution in [-0.2, 0) is 0 Å². The number of aromatic nitrogens is 1. The quantitative estimate of drug-likeness (QED) is 0.885. The molecule has 2 aromatic heterocycles. The van der Waals surface area contributed by atoms with Crippen molar-refractivity contribution in [3.63, 3.8) is 0 Å². The Morgan fingerprint density at radius 1 is 1.47 bits per heavy atom. The van der Waals surface area contributed by atoms with Crippen molar-refractivity contribution in [2.45, 2.75) is 39.2 Å². The number of nitrogens with zero attached hydrogens (tertiary/aromatic N) is 1. The first kappa shape index (κ1) is 12.4. The number of anilines is 1. The Morgan fingerprint density at radius 2 is 2.16 bits per heavy atom. The summed E-state index contributed by atoms with van der Waals surface area (Å²) in [7, 11) is 0. The molecule has 1 fully saturated rings. The molecule has 3 N–H and O–H groups in total. The Labute approximate surface area is 116 Å². The molecule has 4 nitrogen and oxygen atoms in total. The van der Waals surface area contributed by atoms with Gasteiger partial charge in [-0.3, -0.25) is 4.79 Å². The lowest BCUT2D eigenvalue weighted by molar-refractivity contribution is 0.0940. The maximum atomic E-state index is 12.3. The first-order chi connectivity index (χ1) is 8.89. The fourth-order valence-corrected chi connectivity index (χ4v) is 3.39. The summed E-state index contributed by atoms with van der Waals surface area (Å²) >= 11 is 1.38. The topological polar surface area (TPSA) is 68.0 Å². The van der Waals surface area contributed by atoms with Crippen molar-refractivity contribution >= 4 is 33.1 Å². The highest BCUT2D eigenvalue weighted by molar-refractivity contribution is 7.21. The molecule has 5 heteroatoms. The zero-order valence-corrected chi connectivity index (χ0v) is 12.1. The van der Waals surface area contributed by atoms with E-state index in [0.29, 0.717) is 10.6 Å². The molecule has 1 aliphatic rings. The van der Waals surface area contributed by atoms with E-state index >= 15 is 0 Å². The van der Waals surface area contributed by atoms with Crippen molar-refractivity contribution in [3.05, 3.63) is 22.2 Å². The monoisotopic (exact) mass is 275 g/mol. The van der Waals surface area contributed by atoms with Crippen molar-refractivity contribution in [1.29, 1.82) is 0 Å². The summed E-state index contributed by atoms with van der Waals surface area (Å²) in [6, 6.07) is 2.00. The number of nitrogen functional groups attached to an aromatic ring is 1. The molecule has 2 heterocycles. The smallest absolute Gasteiger partial charge is 0.263 e. The van der Waals surface area contributed by atoms with Crippen molar-refractivity contribution in [2.24, 2.45) is 0 Å². The molecule has 100 valence electrons. The standard InChI is InChI=1S/C14H17N3OS/c1-7-6-8(2)16-13-9(7)10(15)11(19-13)12(18)17-14(3)4-5-14/h6H,4-5,15H2,1-3H3,(H,17,18). The molecular weight excluding hydrogens is 258 g/mol. The largest absolute Gasteiger partial charge is 0.397 e. The summed E-state index contributed by atoms with van der Waals surface area (Å²) in [4.78, 5) is 18.2. The SMILES string of the molecule is Cc1cc(C)c2c(N)c(C(=O)NC3(C)CC3)sc2n1. The Kier molecular flexibility index (Phi) is 2.57. The second-order valence-electron chi connectivity index (χ2n) is 5.62. The van der Waals surface area contributed by atoms with Crippen LogP contribution in [0.3, 0.4) is 0 Å². The summed E-state index contributed by atoms with van der Waals surface area (Å²) in [6.45, 7) is 6.01. The summed E-state index contributed by atoms with van der Waals surface area (Å²) in [6.07, 6.45) is 2.08. The number of nitrogens with one attached hydrogen (secondary N) is 1. The molecule has 0 radical (unpaired) electrons. The third-order valence-corrected chi connectivity index (χ3v) is 4.74. The van der Waals surface area contributed by atoms with Gasteiger partial charge < -0.3 is 11.1 Å². The van der Waals surface area contributed by atoms with Gasteiger partial charge >= 0.3 is 0 Å². The Morgan fingerprint density at radius 3 is 2.79 bits per heavy atom. The number of nitrogens with two attached hydrogens (primary N) is 1. The highest BCUT2D eigenvalue weighted by Crippen LogP contribution is 2.38. The number of fused-ring (bicyclic) bond motifs is 1. The van der Waals surface area contributed by atoms with E-state index in [2.05, 4.69) is 17.2 Å². The van der Waals surface area contributed by atoms with E-state index in [0.717, 1.165) is 34.3 Å². The number of hydrogen-bond acceptors (Lipinski definition) is 4. The molecular formula is C14H17N3OS. The van der Waals surface area contributed by atoms with Crippen LogP contribution in [0.2, 0.25) is 0 Å². The number of carbonyl (C=O) groups is 1. The number of thiophene rings is 1. The van der Waals surface area contributed by atoms with Crippen LogP contribution in [0.5, 0.6) is 0 Å². The average molecular weight is 275 g/mol. The number of rotatable bonds is 2. The second-order valence-corrected chi connectivity index (χ2v) is 6.62. The molecule has 1 aliphatic carbocycles. The van der Waals surface area contributed by atoms with E-state index in [1.54, 1.807) is 0 Å². The summed E-state index contributed by atoms with van der Waals surface area (Å²) in [5.74, 6) is -0.0717. The van der Waals surface area contributed by atoms with Crippen LogP contribution in [-0.4, -0.2) is 16.4 Å². The molecule has 1 amide bonds. The fraction of sp³-hybridized carbons (Fsp3) is 0.429. The van der Waals surface area contributed by atoms with Gasteiger partial charge in [-0.05, 0) is 45.2 Å².